The summed E-state index contributed by atoms with van der Waals surface area (Å²) < 4.78 is 0. The van der Waals surface area contributed by atoms with Gasteiger partial charge >= 0.3 is 13.4 Å². The van der Waals surface area contributed by atoms with E-state index in [1.54, 1.807) is 0 Å². The topological polar surface area (TPSA) is 121 Å². The SMILES string of the molecule is OP(O)(O)=S.OP(O)(O)=S.[CH2-]CC.[CH2-]CC.[Zn].[c-]1ccccc1. The molecular weight excluding hydrogens is 432 g/mol. The van der Waals surface area contributed by atoms with Crippen molar-refractivity contribution < 1.29 is 48.8 Å². The zero-order valence-corrected chi connectivity index (χ0v) is 19.7. The number of rotatable bonds is 0. The van der Waals surface area contributed by atoms with Crippen LogP contribution in [0.5, 0.6) is 0 Å². The van der Waals surface area contributed by atoms with Gasteiger partial charge in [-0.25, -0.2) is 0 Å². The molecule has 0 heterocycles. The van der Waals surface area contributed by atoms with Crippen molar-refractivity contribution >= 4 is 37.1 Å². The first-order chi connectivity index (χ1) is 9.83. The second-order valence-corrected chi connectivity index (χ2v) is 8.10. The van der Waals surface area contributed by atoms with E-state index in [0.717, 1.165) is 12.8 Å². The van der Waals surface area contributed by atoms with Crippen LogP contribution in [-0.2, 0) is 43.1 Å². The molecule has 1 rings (SSSR count). The predicted octanol–water partition coefficient (Wildman–Crippen LogP) is 2.32. The molecule has 0 fully saturated rings. The van der Waals surface area contributed by atoms with Crippen molar-refractivity contribution in [1.82, 2.24) is 0 Å². The third-order valence-corrected chi connectivity index (χ3v) is 0.607. The van der Waals surface area contributed by atoms with Crippen LogP contribution >= 0.6 is 13.4 Å². The van der Waals surface area contributed by atoms with Crippen LogP contribution in [0.4, 0.5) is 0 Å². The molecule has 0 bridgehead atoms. The molecule has 0 radical (unpaired) electrons. The molecule has 0 unspecified atom stereocenters. The summed E-state index contributed by atoms with van der Waals surface area (Å²) in [5, 5.41) is 0. The molecule has 11 heteroatoms. The molecule has 0 amide bonds. The van der Waals surface area contributed by atoms with Gasteiger partial charge in [0.05, 0.1) is 0 Å². The normalized spacial score (nSPS) is 8.78. The molecule has 1 aromatic rings. The van der Waals surface area contributed by atoms with Crippen LogP contribution in [0.15, 0.2) is 30.3 Å². The van der Waals surface area contributed by atoms with E-state index < -0.39 is 13.4 Å². The Balaban J connectivity index is -0.0000000598. The third kappa shape index (κ3) is 210. The van der Waals surface area contributed by atoms with Gasteiger partial charge in [-0.15, -0.1) is 0 Å². The molecule has 23 heavy (non-hydrogen) atoms. The van der Waals surface area contributed by atoms with Crippen molar-refractivity contribution in [2.24, 2.45) is 0 Å². The van der Waals surface area contributed by atoms with Gasteiger partial charge in [-0.2, -0.15) is 49.2 Å². The quantitative estimate of drug-likeness (QED) is 0.200. The van der Waals surface area contributed by atoms with E-state index in [4.69, 9.17) is 29.4 Å². The number of benzene rings is 1. The summed E-state index contributed by atoms with van der Waals surface area (Å²) >= 11 is 7.21. The molecule has 6 N–H and O–H groups in total. The summed E-state index contributed by atoms with van der Waals surface area (Å²) in [7, 11) is 0. The van der Waals surface area contributed by atoms with Crippen molar-refractivity contribution in [3.8, 4) is 0 Å². The van der Waals surface area contributed by atoms with Gasteiger partial charge in [-0.05, 0) is 23.6 Å². The number of hydrogen-bond acceptors (Lipinski definition) is 2. The Bertz CT molecular complexity index is 321. The van der Waals surface area contributed by atoms with E-state index in [1.807, 2.05) is 44.2 Å². The second kappa shape index (κ2) is 25.1. The molecule has 0 aromatic heterocycles. The molecular formula is C12H25O6P2S2Zn-3. The molecule has 0 saturated heterocycles. The maximum absolute atomic E-state index is 7.56. The minimum atomic E-state index is -3.81. The summed E-state index contributed by atoms with van der Waals surface area (Å²) in [6, 6.07) is 12.5. The van der Waals surface area contributed by atoms with Gasteiger partial charge in [-0.1, -0.05) is 13.8 Å². The van der Waals surface area contributed by atoms with Gasteiger partial charge in [0.2, 0.25) is 0 Å². The fourth-order valence-corrected chi connectivity index (χ4v) is 0.342. The fourth-order valence-electron chi connectivity index (χ4n) is 0.342. The van der Waals surface area contributed by atoms with Gasteiger partial charge in [0, 0.05) is 19.5 Å². The van der Waals surface area contributed by atoms with Gasteiger partial charge < -0.3 is 43.2 Å². The van der Waals surface area contributed by atoms with Crippen LogP contribution in [0, 0.1) is 19.9 Å². The molecule has 0 spiro atoms. The Hall–Kier alpha value is 0.903. The average Bonchev–Trinajstić information content (AvgIpc) is 2.29. The van der Waals surface area contributed by atoms with Crippen LogP contribution in [0.1, 0.15) is 26.7 Å². The Morgan fingerprint density at radius 2 is 0.957 bits per heavy atom. The van der Waals surface area contributed by atoms with E-state index >= 15 is 0 Å². The zero-order valence-electron chi connectivity index (χ0n) is 13.3. The number of hydrogen-bond donors (Lipinski definition) is 6. The summed E-state index contributed by atoms with van der Waals surface area (Å²) in [5.74, 6) is 0. The molecule has 0 aliphatic rings. The van der Waals surface area contributed by atoms with E-state index in [2.05, 4.69) is 43.5 Å². The minimum absolute atomic E-state index is 0. The Morgan fingerprint density at radius 3 is 1.00 bits per heavy atom. The van der Waals surface area contributed by atoms with Gasteiger partial charge in [0.25, 0.3) is 0 Å². The third-order valence-electron chi connectivity index (χ3n) is 0.607. The van der Waals surface area contributed by atoms with E-state index in [9.17, 15) is 0 Å². The molecule has 1 aromatic carbocycles. The van der Waals surface area contributed by atoms with Crippen molar-refractivity contribution in [3.63, 3.8) is 0 Å². The Labute approximate surface area is 162 Å². The second-order valence-electron chi connectivity index (χ2n) is 3.10. The average molecular weight is 457 g/mol. The molecule has 0 atom stereocenters. The standard InChI is InChI=1S/C6H5.2C3H7.2H3O3PS.Zn/c1-2-4-6-5-3-1;2*1-3-2;2*1-4(2,3)5;/h1-5H;2*1,3H2,2H3;2*(H3,1,2,3,5);/q3*-1;;;. The van der Waals surface area contributed by atoms with Crippen LogP contribution in [0.25, 0.3) is 0 Å². The molecule has 0 aliphatic carbocycles. The van der Waals surface area contributed by atoms with Gasteiger partial charge in [0.15, 0.2) is 0 Å². The molecule has 136 valence electrons. The van der Waals surface area contributed by atoms with Crippen molar-refractivity contribution in [2.45, 2.75) is 26.7 Å². The molecule has 0 saturated carbocycles. The van der Waals surface area contributed by atoms with Crippen LogP contribution in [0.3, 0.4) is 0 Å². The van der Waals surface area contributed by atoms with Crippen LogP contribution in [-0.4, -0.2) is 29.4 Å². The molecule has 6 nitrogen and oxygen atoms in total. The smallest absolute Gasteiger partial charge is 0.319 e. The van der Waals surface area contributed by atoms with Gasteiger partial charge in [-0.3, -0.25) is 0 Å². The monoisotopic (exact) mass is 455 g/mol. The summed E-state index contributed by atoms with van der Waals surface area (Å²) in [5.41, 5.74) is 0. The van der Waals surface area contributed by atoms with Crippen LogP contribution in [0.2, 0.25) is 0 Å². The van der Waals surface area contributed by atoms with E-state index in [1.165, 1.54) is 0 Å². The Morgan fingerprint density at radius 1 is 0.783 bits per heavy atom. The summed E-state index contributed by atoms with van der Waals surface area (Å²) in [6.45, 7) is 3.39. The van der Waals surface area contributed by atoms with Crippen molar-refractivity contribution in [2.75, 3.05) is 0 Å². The first kappa shape index (κ1) is 35.1. The van der Waals surface area contributed by atoms with Crippen molar-refractivity contribution in [1.29, 1.82) is 0 Å². The van der Waals surface area contributed by atoms with Gasteiger partial charge in [0.1, 0.15) is 0 Å². The van der Waals surface area contributed by atoms with E-state index in [-0.39, 0.29) is 19.5 Å². The maximum atomic E-state index is 7.56. The van der Waals surface area contributed by atoms with Crippen molar-refractivity contribution in [3.05, 3.63) is 50.2 Å². The fraction of sp³-hybridized carbons (Fsp3) is 0.333. The maximum Gasteiger partial charge on any atom is 0.319 e. The Kier molecular flexibility index (Phi) is 38.4. The minimum Gasteiger partial charge on any atom is -0.344 e. The van der Waals surface area contributed by atoms with Crippen LogP contribution < -0.4 is 0 Å². The zero-order chi connectivity index (χ0) is 18.7. The summed E-state index contributed by atoms with van der Waals surface area (Å²) in [4.78, 5) is 45.3. The van der Waals surface area contributed by atoms with E-state index in [0.29, 0.717) is 0 Å². The largest absolute Gasteiger partial charge is 0.344 e. The predicted molar refractivity (Wildman–Crippen MR) is 98.5 cm³/mol. The first-order valence-electron chi connectivity index (χ1n) is 5.89. The molecule has 0 aliphatic heterocycles. The first-order valence-corrected chi connectivity index (χ1v) is 11.2. The summed E-state index contributed by atoms with van der Waals surface area (Å²) in [6.07, 6.45) is 2.00.